The van der Waals surface area contributed by atoms with Crippen LogP contribution < -0.4 is 0 Å². The zero-order valence-electron chi connectivity index (χ0n) is 20.0. The molecular weight excluding hydrogens is 463 g/mol. The van der Waals surface area contributed by atoms with E-state index in [4.69, 9.17) is 9.47 Å². The Morgan fingerprint density at radius 3 is 2.44 bits per heavy atom. The van der Waals surface area contributed by atoms with Gasteiger partial charge in [-0.1, -0.05) is 6.42 Å². The van der Waals surface area contributed by atoms with Crippen molar-refractivity contribution in [1.29, 1.82) is 0 Å². The fourth-order valence-corrected chi connectivity index (χ4v) is 6.03. The average molecular weight is 495 g/mol. The molecule has 0 spiro atoms. The number of halogens is 1. The lowest BCUT2D eigenvalue weighted by atomic mass is 10.1. The molecule has 0 N–H and O–H groups in total. The number of methoxy groups -OCH3 is 1. The smallest absolute Gasteiger partial charge is 0.338 e. The van der Waals surface area contributed by atoms with Crippen LogP contribution in [0.3, 0.4) is 0 Å². The van der Waals surface area contributed by atoms with Gasteiger partial charge >= 0.3 is 5.97 Å². The molecule has 1 atom stereocenters. The van der Waals surface area contributed by atoms with Crippen LogP contribution >= 0.6 is 0 Å². The summed E-state index contributed by atoms with van der Waals surface area (Å²) in [6.45, 7) is 6.25. The monoisotopic (exact) mass is 494 g/mol. The predicted molar refractivity (Wildman–Crippen MR) is 124 cm³/mol. The number of rotatable bonds is 9. The molecule has 34 heavy (non-hydrogen) atoms. The minimum Gasteiger partial charge on any atom is -0.454 e. The molecule has 1 aromatic heterocycles. The highest BCUT2D eigenvalue weighted by Crippen LogP contribution is 2.25. The van der Waals surface area contributed by atoms with Crippen LogP contribution in [0.15, 0.2) is 29.2 Å². The number of sulfonamides is 1. The van der Waals surface area contributed by atoms with Gasteiger partial charge in [-0.3, -0.25) is 4.79 Å². The van der Waals surface area contributed by atoms with E-state index in [0.717, 1.165) is 36.0 Å². The number of esters is 1. The number of hydrogen-bond acceptors (Lipinski definition) is 6. The molecule has 186 valence electrons. The molecule has 10 heteroatoms. The van der Waals surface area contributed by atoms with E-state index in [1.807, 2.05) is 25.3 Å². The van der Waals surface area contributed by atoms with Gasteiger partial charge in [0.05, 0.1) is 18.2 Å². The molecule has 0 radical (unpaired) electrons. The summed E-state index contributed by atoms with van der Waals surface area (Å²) in [4.78, 5) is 24.8. The normalized spacial score (nSPS) is 15.8. The molecule has 2 heterocycles. The van der Waals surface area contributed by atoms with Crippen LogP contribution in [0.1, 0.15) is 64.3 Å². The lowest BCUT2D eigenvalue weighted by Crippen LogP contribution is -2.36. The zero-order chi connectivity index (χ0) is 25.0. The number of piperidine rings is 1. The van der Waals surface area contributed by atoms with E-state index in [-0.39, 0.29) is 17.4 Å². The summed E-state index contributed by atoms with van der Waals surface area (Å²) in [5.41, 5.74) is 1.91. The Bertz CT molecular complexity index is 1170. The summed E-state index contributed by atoms with van der Waals surface area (Å²) >= 11 is 0. The molecule has 1 aromatic carbocycles. The number of ether oxygens (including phenoxy) is 2. The maximum atomic E-state index is 14.4. The van der Waals surface area contributed by atoms with E-state index < -0.39 is 33.3 Å². The molecular formula is C24H31FN2O6S. The minimum atomic E-state index is -4.07. The van der Waals surface area contributed by atoms with Crippen molar-refractivity contribution in [2.45, 2.75) is 51.0 Å². The van der Waals surface area contributed by atoms with Gasteiger partial charge in [0.25, 0.3) is 0 Å². The molecule has 1 aliphatic rings. The third-order valence-corrected chi connectivity index (χ3v) is 7.98. The largest absolute Gasteiger partial charge is 0.454 e. The van der Waals surface area contributed by atoms with Gasteiger partial charge in [-0.05, 0) is 57.9 Å². The highest BCUT2D eigenvalue weighted by molar-refractivity contribution is 7.89. The topological polar surface area (TPSA) is 94.9 Å². The van der Waals surface area contributed by atoms with Gasteiger partial charge in [0.2, 0.25) is 15.8 Å². The lowest BCUT2D eigenvalue weighted by Gasteiger charge is -2.26. The second-order valence-corrected chi connectivity index (χ2v) is 10.5. The Balaban J connectivity index is 1.74. The van der Waals surface area contributed by atoms with Crippen LogP contribution in [0.25, 0.3) is 0 Å². The number of aryl methyl sites for hydroxylation is 1. The first-order valence-electron chi connectivity index (χ1n) is 11.2. The summed E-state index contributed by atoms with van der Waals surface area (Å²) in [5.74, 6) is -2.22. The lowest BCUT2D eigenvalue weighted by molar-refractivity contribution is 0.0474. The Morgan fingerprint density at radius 2 is 1.79 bits per heavy atom. The molecule has 0 amide bonds. The molecule has 2 aromatic rings. The van der Waals surface area contributed by atoms with Crippen LogP contribution in [0.5, 0.6) is 0 Å². The van der Waals surface area contributed by atoms with Crippen LogP contribution in [-0.2, 0) is 19.5 Å². The zero-order valence-corrected chi connectivity index (χ0v) is 20.8. The van der Waals surface area contributed by atoms with Crippen molar-refractivity contribution in [3.05, 3.63) is 52.6 Å². The molecule has 0 saturated carbocycles. The van der Waals surface area contributed by atoms with Crippen molar-refractivity contribution in [1.82, 2.24) is 8.87 Å². The summed E-state index contributed by atoms with van der Waals surface area (Å²) in [7, 11) is -2.47. The van der Waals surface area contributed by atoms with Crippen molar-refractivity contribution >= 4 is 21.8 Å². The van der Waals surface area contributed by atoms with E-state index in [9.17, 15) is 22.4 Å². The quantitative estimate of drug-likeness (QED) is 0.390. The van der Waals surface area contributed by atoms with Crippen molar-refractivity contribution < 1.29 is 31.9 Å². The van der Waals surface area contributed by atoms with Gasteiger partial charge < -0.3 is 14.0 Å². The highest BCUT2D eigenvalue weighted by Gasteiger charge is 2.30. The maximum absolute atomic E-state index is 14.4. The number of carbonyl (C=O) groups is 2. The SMILES string of the molecule is COCC(C)n1c(C)cc(C(=O)COC(=O)c2ccc(F)c(S(=O)(=O)N3CCCCC3)c2)c1C. The summed E-state index contributed by atoms with van der Waals surface area (Å²) in [6.07, 6.45) is 2.33. The molecule has 1 unspecified atom stereocenters. The number of Topliss-reactive ketones (excluding diaryl/α,β-unsaturated/α-hetero) is 1. The van der Waals surface area contributed by atoms with E-state index in [0.29, 0.717) is 38.1 Å². The van der Waals surface area contributed by atoms with Crippen LogP contribution in [-0.4, -0.2) is 62.5 Å². The summed E-state index contributed by atoms with van der Waals surface area (Å²) in [6, 6.07) is 4.81. The first kappa shape index (κ1) is 26.1. The number of aromatic nitrogens is 1. The second kappa shape index (κ2) is 10.8. The molecule has 3 rings (SSSR count). The molecule has 8 nitrogen and oxygen atoms in total. The van der Waals surface area contributed by atoms with Crippen molar-refractivity contribution in [2.75, 3.05) is 33.4 Å². The Morgan fingerprint density at radius 1 is 1.12 bits per heavy atom. The summed E-state index contributed by atoms with van der Waals surface area (Å²) < 4.78 is 53.7. The standard InChI is InChI=1S/C24H31FN2O6S/c1-16-12-20(18(3)27(16)17(2)14-32-4)22(28)15-33-24(29)19-8-9-21(25)23(13-19)34(30,31)26-10-6-5-7-11-26/h8-9,12-13,17H,5-7,10-11,14-15H2,1-4H3. The Hall–Kier alpha value is -2.56. The molecule has 1 saturated heterocycles. The van der Waals surface area contributed by atoms with Gasteiger partial charge in [0.1, 0.15) is 10.7 Å². The maximum Gasteiger partial charge on any atom is 0.338 e. The third-order valence-electron chi connectivity index (χ3n) is 6.07. The third kappa shape index (κ3) is 5.39. The van der Waals surface area contributed by atoms with Crippen LogP contribution in [0, 0.1) is 19.7 Å². The first-order valence-corrected chi connectivity index (χ1v) is 12.7. The van der Waals surface area contributed by atoms with Gasteiger partial charge in [0, 0.05) is 37.2 Å². The van der Waals surface area contributed by atoms with Crippen molar-refractivity contribution in [3.63, 3.8) is 0 Å². The van der Waals surface area contributed by atoms with E-state index in [1.165, 1.54) is 4.31 Å². The number of ketones is 1. The molecule has 0 bridgehead atoms. The average Bonchev–Trinajstić information content (AvgIpc) is 3.12. The Labute approximate surface area is 199 Å². The number of hydrogen-bond donors (Lipinski definition) is 0. The number of carbonyl (C=O) groups excluding carboxylic acids is 2. The fraction of sp³-hybridized carbons (Fsp3) is 0.500. The van der Waals surface area contributed by atoms with Gasteiger partial charge in [-0.25, -0.2) is 17.6 Å². The highest BCUT2D eigenvalue weighted by atomic mass is 32.2. The van der Waals surface area contributed by atoms with E-state index >= 15 is 0 Å². The molecule has 1 aliphatic heterocycles. The summed E-state index contributed by atoms with van der Waals surface area (Å²) in [5, 5.41) is 0. The minimum absolute atomic E-state index is 0.0218. The Kier molecular flexibility index (Phi) is 8.27. The van der Waals surface area contributed by atoms with E-state index in [2.05, 4.69) is 0 Å². The van der Waals surface area contributed by atoms with Crippen LogP contribution in [0.2, 0.25) is 0 Å². The number of nitrogens with zero attached hydrogens (tertiary/aromatic N) is 2. The van der Waals surface area contributed by atoms with Crippen molar-refractivity contribution in [3.8, 4) is 0 Å². The van der Waals surface area contributed by atoms with Gasteiger partial charge in [-0.2, -0.15) is 4.31 Å². The predicted octanol–water partition coefficient (Wildman–Crippen LogP) is 3.67. The fourth-order valence-electron chi connectivity index (χ4n) is 4.42. The first-order chi connectivity index (χ1) is 16.1. The van der Waals surface area contributed by atoms with Gasteiger partial charge in [0.15, 0.2) is 6.61 Å². The van der Waals surface area contributed by atoms with Crippen molar-refractivity contribution in [2.24, 2.45) is 0 Å². The van der Waals surface area contributed by atoms with E-state index in [1.54, 1.807) is 13.2 Å². The van der Waals surface area contributed by atoms with Gasteiger partial charge in [-0.15, -0.1) is 0 Å². The second-order valence-electron chi connectivity index (χ2n) is 8.57. The number of benzene rings is 1. The molecule has 1 fully saturated rings. The molecule has 0 aliphatic carbocycles. The van der Waals surface area contributed by atoms with Crippen LogP contribution in [0.4, 0.5) is 4.39 Å².